The molecule has 21 heavy (non-hydrogen) atoms. The van der Waals surface area contributed by atoms with Crippen LogP contribution in [-0.4, -0.2) is 23.6 Å². The summed E-state index contributed by atoms with van der Waals surface area (Å²) in [6, 6.07) is 4.99. The second-order valence-electron chi connectivity index (χ2n) is 5.03. The molecule has 1 aromatic heterocycles. The first-order chi connectivity index (χ1) is 10.0. The fraction of sp³-hybridized carbons (Fsp3) is 0.375. The van der Waals surface area contributed by atoms with E-state index in [2.05, 4.69) is 15.3 Å². The molecule has 0 amide bonds. The van der Waals surface area contributed by atoms with Gasteiger partial charge in [-0.05, 0) is 51.1 Å². The van der Waals surface area contributed by atoms with Crippen molar-refractivity contribution in [1.82, 2.24) is 15.3 Å². The number of aromatic nitrogens is 2. The van der Waals surface area contributed by atoms with Crippen molar-refractivity contribution in [2.75, 3.05) is 13.6 Å². The van der Waals surface area contributed by atoms with Crippen LogP contribution in [-0.2, 0) is 12.8 Å². The fourth-order valence-electron chi connectivity index (χ4n) is 2.36. The summed E-state index contributed by atoms with van der Waals surface area (Å²) in [5.74, 6) is 0.233. The van der Waals surface area contributed by atoms with Crippen LogP contribution in [0.4, 0.5) is 4.39 Å². The van der Waals surface area contributed by atoms with Crippen molar-refractivity contribution in [2.24, 2.45) is 0 Å². The molecule has 1 heterocycles. The van der Waals surface area contributed by atoms with Gasteiger partial charge in [0, 0.05) is 17.8 Å². The topological polar surface area (TPSA) is 37.8 Å². The Bertz CT molecular complexity index is 620. The fourth-order valence-corrected chi connectivity index (χ4v) is 2.55. The van der Waals surface area contributed by atoms with Gasteiger partial charge in [-0.15, -0.1) is 0 Å². The van der Waals surface area contributed by atoms with E-state index in [1.807, 2.05) is 20.9 Å². The summed E-state index contributed by atoms with van der Waals surface area (Å²) in [5.41, 5.74) is 3.58. The lowest BCUT2D eigenvalue weighted by molar-refractivity contribution is 0.612. The van der Waals surface area contributed by atoms with E-state index in [9.17, 15) is 4.39 Å². The molecule has 0 fully saturated rings. The molecule has 1 N–H and O–H groups in total. The number of hydrogen-bond donors (Lipinski definition) is 1. The lowest BCUT2D eigenvalue weighted by Gasteiger charge is -2.11. The van der Waals surface area contributed by atoms with Crippen molar-refractivity contribution in [1.29, 1.82) is 0 Å². The molecule has 112 valence electrons. The van der Waals surface area contributed by atoms with Gasteiger partial charge in [0.05, 0.1) is 5.02 Å². The van der Waals surface area contributed by atoms with E-state index < -0.39 is 5.82 Å². The zero-order valence-corrected chi connectivity index (χ0v) is 13.3. The van der Waals surface area contributed by atoms with Crippen LogP contribution in [0.25, 0.3) is 0 Å². The minimum absolute atomic E-state index is 0.131. The second-order valence-corrected chi connectivity index (χ2v) is 5.44. The van der Waals surface area contributed by atoms with Gasteiger partial charge in [-0.3, -0.25) is 0 Å². The van der Waals surface area contributed by atoms with Crippen LogP contribution < -0.4 is 5.32 Å². The van der Waals surface area contributed by atoms with Crippen molar-refractivity contribution in [3.05, 3.63) is 57.4 Å². The molecule has 0 radical (unpaired) electrons. The minimum Gasteiger partial charge on any atom is -0.319 e. The second kappa shape index (κ2) is 6.96. The Hall–Kier alpha value is -1.52. The first kappa shape index (κ1) is 15.9. The molecular weight excluding hydrogens is 289 g/mol. The van der Waals surface area contributed by atoms with E-state index in [1.165, 1.54) is 0 Å². The molecule has 2 aromatic rings. The van der Waals surface area contributed by atoms with Gasteiger partial charge >= 0.3 is 0 Å². The Kier molecular flexibility index (Phi) is 5.26. The van der Waals surface area contributed by atoms with Gasteiger partial charge in [0.15, 0.2) is 0 Å². The Labute approximate surface area is 129 Å². The number of rotatable bonds is 5. The third-order valence-corrected chi connectivity index (χ3v) is 3.76. The van der Waals surface area contributed by atoms with Gasteiger partial charge in [-0.2, -0.15) is 0 Å². The average Bonchev–Trinajstić information content (AvgIpc) is 2.43. The van der Waals surface area contributed by atoms with Gasteiger partial charge in [0.25, 0.3) is 0 Å². The quantitative estimate of drug-likeness (QED) is 0.921. The highest BCUT2D eigenvalue weighted by Gasteiger charge is 2.12. The van der Waals surface area contributed by atoms with E-state index in [0.717, 1.165) is 29.9 Å². The molecule has 0 aliphatic rings. The maximum absolute atomic E-state index is 13.9. The molecule has 0 unspecified atom stereocenters. The number of halogens is 2. The molecule has 3 nitrogen and oxygen atoms in total. The lowest BCUT2D eigenvalue weighted by Crippen LogP contribution is -2.14. The Morgan fingerprint density at radius 2 is 1.86 bits per heavy atom. The normalized spacial score (nSPS) is 10.9. The van der Waals surface area contributed by atoms with Gasteiger partial charge in [0.2, 0.25) is 0 Å². The highest BCUT2D eigenvalue weighted by Crippen LogP contribution is 2.20. The monoisotopic (exact) mass is 307 g/mol. The molecule has 2 rings (SSSR count). The number of benzene rings is 1. The lowest BCUT2D eigenvalue weighted by atomic mass is 10.1. The zero-order chi connectivity index (χ0) is 15.4. The van der Waals surface area contributed by atoms with Crippen molar-refractivity contribution in [2.45, 2.75) is 26.7 Å². The SMILES string of the molecule is CNCCc1c(C)nc(Cc2cccc(Cl)c2F)nc1C. The van der Waals surface area contributed by atoms with Crippen LogP contribution in [0.15, 0.2) is 18.2 Å². The average molecular weight is 308 g/mol. The summed E-state index contributed by atoms with van der Waals surface area (Å²) in [4.78, 5) is 9.01. The van der Waals surface area contributed by atoms with Crippen molar-refractivity contribution in [3.63, 3.8) is 0 Å². The van der Waals surface area contributed by atoms with E-state index in [1.54, 1.807) is 18.2 Å². The van der Waals surface area contributed by atoms with Gasteiger partial charge < -0.3 is 5.32 Å². The summed E-state index contributed by atoms with van der Waals surface area (Å²) in [5, 5.41) is 3.25. The predicted molar refractivity (Wildman–Crippen MR) is 83.4 cm³/mol. The predicted octanol–water partition coefficient (Wildman–Crippen LogP) is 3.24. The zero-order valence-electron chi connectivity index (χ0n) is 12.5. The van der Waals surface area contributed by atoms with E-state index in [4.69, 9.17) is 11.6 Å². The van der Waals surface area contributed by atoms with Crippen LogP contribution in [0.1, 0.15) is 28.3 Å². The summed E-state index contributed by atoms with van der Waals surface area (Å²) < 4.78 is 13.9. The Morgan fingerprint density at radius 3 is 2.48 bits per heavy atom. The molecule has 5 heteroatoms. The largest absolute Gasteiger partial charge is 0.319 e. The van der Waals surface area contributed by atoms with Crippen LogP contribution in [0.2, 0.25) is 5.02 Å². The van der Waals surface area contributed by atoms with Gasteiger partial charge in [-0.1, -0.05) is 23.7 Å². The van der Waals surface area contributed by atoms with Crippen molar-refractivity contribution < 1.29 is 4.39 Å². The van der Waals surface area contributed by atoms with Crippen LogP contribution in [0.3, 0.4) is 0 Å². The molecule has 0 saturated heterocycles. The summed E-state index contributed by atoms with van der Waals surface area (Å²) in [6.45, 7) is 4.82. The summed E-state index contributed by atoms with van der Waals surface area (Å²) >= 11 is 5.80. The number of nitrogens with zero attached hydrogens (tertiary/aromatic N) is 2. The molecule has 0 aliphatic carbocycles. The van der Waals surface area contributed by atoms with Gasteiger partial charge in [-0.25, -0.2) is 14.4 Å². The molecule has 0 bridgehead atoms. The number of hydrogen-bond acceptors (Lipinski definition) is 3. The third-order valence-electron chi connectivity index (χ3n) is 3.47. The Balaban J connectivity index is 2.27. The molecule has 0 spiro atoms. The van der Waals surface area contributed by atoms with Gasteiger partial charge in [0.1, 0.15) is 11.6 Å². The highest BCUT2D eigenvalue weighted by atomic mass is 35.5. The molecule has 1 aromatic carbocycles. The first-order valence-corrected chi connectivity index (χ1v) is 7.31. The van der Waals surface area contributed by atoms with E-state index >= 15 is 0 Å². The minimum atomic E-state index is -0.391. The molecular formula is C16H19ClFN3. The van der Waals surface area contributed by atoms with E-state index in [0.29, 0.717) is 17.8 Å². The van der Waals surface area contributed by atoms with Crippen molar-refractivity contribution >= 4 is 11.6 Å². The summed E-state index contributed by atoms with van der Waals surface area (Å²) in [7, 11) is 1.92. The van der Waals surface area contributed by atoms with Crippen LogP contribution in [0, 0.1) is 19.7 Å². The highest BCUT2D eigenvalue weighted by molar-refractivity contribution is 6.30. The molecule has 0 atom stereocenters. The third kappa shape index (κ3) is 3.77. The Morgan fingerprint density at radius 1 is 1.19 bits per heavy atom. The molecule has 0 aliphatic heterocycles. The standard InChI is InChI=1S/C16H19ClFN3/c1-10-13(7-8-19-3)11(2)21-15(20-10)9-12-5-4-6-14(17)16(12)18/h4-6,19H,7-9H2,1-3H3. The smallest absolute Gasteiger partial charge is 0.145 e. The number of aryl methyl sites for hydroxylation is 2. The summed E-state index contributed by atoms with van der Waals surface area (Å²) in [6.07, 6.45) is 1.24. The maximum atomic E-state index is 13.9. The van der Waals surface area contributed by atoms with Crippen LogP contribution in [0.5, 0.6) is 0 Å². The van der Waals surface area contributed by atoms with E-state index in [-0.39, 0.29) is 5.02 Å². The number of likely N-dealkylation sites (N-methyl/N-ethyl adjacent to an activating group) is 1. The first-order valence-electron chi connectivity index (χ1n) is 6.93. The van der Waals surface area contributed by atoms with Crippen molar-refractivity contribution in [3.8, 4) is 0 Å². The maximum Gasteiger partial charge on any atom is 0.145 e. The number of nitrogens with one attached hydrogen (secondary N) is 1. The van der Waals surface area contributed by atoms with Crippen LogP contribution >= 0.6 is 11.6 Å². The molecule has 0 saturated carbocycles.